The molecule has 0 saturated heterocycles. The van der Waals surface area contributed by atoms with Crippen molar-refractivity contribution in [1.82, 2.24) is 24.3 Å². The van der Waals surface area contributed by atoms with Gasteiger partial charge in [-0.2, -0.15) is 18.3 Å². The summed E-state index contributed by atoms with van der Waals surface area (Å²) in [5, 5.41) is 13.9. The zero-order valence-electron chi connectivity index (χ0n) is 17.0. The minimum absolute atomic E-state index is 0.0493. The molecule has 2 aromatic heterocycles. The zero-order chi connectivity index (χ0) is 23.3. The number of nitrogens with zero attached hydrogens (tertiary/aromatic N) is 4. The zero-order valence-corrected chi connectivity index (χ0v) is 17.8. The van der Waals surface area contributed by atoms with Gasteiger partial charge in [-0.25, -0.2) is 27.6 Å². The van der Waals surface area contributed by atoms with Crippen LogP contribution in [0.1, 0.15) is 31.2 Å². The molecule has 0 radical (unpaired) electrons. The smallest absolute Gasteiger partial charge is 0.381 e. The van der Waals surface area contributed by atoms with E-state index in [-0.39, 0.29) is 23.6 Å². The van der Waals surface area contributed by atoms with Gasteiger partial charge >= 0.3 is 6.18 Å². The van der Waals surface area contributed by atoms with Crippen LogP contribution in [0.3, 0.4) is 0 Å². The Balaban J connectivity index is 1.60. The highest BCUT2D eigenvalue weighted by molar-refractivity contribution is 7.89. The summed E-state index contributed by atoms with van der Waals surface area (Å²) in [6, 6.07) is 3.78. The number of imidazole rings is 1. The van der Waals surface area contributed by atoms with Crippen LogP contribution in [0.2, 0.25) is 0 Å². The van der Waals surface area contributed by atoms with Crippen molar-refractivity contribution >= 4 is 21.5 Å². The molecule has 0 atom stereocenters. The Morgan fingerprint density at radius 3 is 2.59 bits per heavy atom. The average molecular weight is 470 g/mol. The van der Waals surface area contributed by atoms with Gasteiger partial charge in [-0.1, -0.05) is 6.07 Å². The predicted molar refractivity (Wildman–Crippen MR) is 109 cm³/mol. The number of sulfonamides is 1. The maximum absolute atomic E-state index is 13.0. The number of nitrogen functional groups attached to an aromatic ring is 1. The van der Waals surface area contributed by atoms with E-state index in [1.807, 2.05) is 0 Å². The SMILES string of the molecule is Cc1ccc(S(=O)(=O)N[C@H]2CC[C@@](O)(C(F)(F)F)CC2)cc1-c1cnc2c(N)ncnn12. The van der Waals surface area contributed by atoms with Crippen LogP contribution < -0.4 is 10.5 Å². The summed E-state index contributed by atoms with van der Waals surface area (Å²) in [5.74, 6) is 0.172. The van der Waals surface area contributed by atoms with Crippen molar-refractivity contribution in [3.05, 3.63) is 36.3 Å². The summed E-state index contributed by atoms with van der Waals surface area (Å²) < 4.78 is 68.8. The Morgan fingerprint density at radius 1 is 1.25 bits per heavy atom. The molecule has 1 aliphatic carbocycles. The molecule has 0 aliphatic heterocycles. The fraction of sp³-hybridized carbons (Fsp3) is 0.421. The second-order valence-corrected chi connectivity index (χ2v) is 9.64. The van der Waals surface area contributed by atoms with E-state index >= 15 is 0 Å². The Labute approximate surface area is 181 Å². The van der Waals surface area contributed by atoms with E-state index < -0.39 is 40.7 Å². The van der Waals surface area contributed by atoms with Crippen molar-refractivity contribution in [2.24, 2.45) is 0 Å². The number of nitrogens with two attached hydrogens (primary N) is 1. The topological polar surface area (TPSA) is 136 Å². The molecule has 4 rings (SSSR count). The van der Waals surface area contributed by atoms with E-state index in [1.165, 1.54) is 29.2 Å². The molecule has 32 heavy (non-hydrogen) atoms. The molecule has 1 fully saturated rings. The van der Waals surface area contributed by atoms with Gasteiger partial charge < -0.3 is 10.8 Å². The normalized spacial score (nSPS) is 22.3. The number of anilines is 1. The standard InChI is InChI=1S/C19H21F3N6O3S/c1-11-2-3-13(8-14(11)15-9-24-17-16(23)25-10-26-28(15)17)32(30,31)27-12-4-6-18(29,7-5-12)19(20,21)22/h2-3,8-10,12,27,29H,4-7H2,1H3,(H2,23,25,26)/t12-,18-. The summed E-state index contributed by atoms with van der Waals surface area (Å²) in [6.07, 6.45) is -3.36. The average Bonchev–Trinajstić information content (AvgIpc) is 3.14. The molecule has 1 saturated carbocycles. The third kappa shape index (κ3) is 3.91. The maximum Gasteiger partial charge on any atom is 0.417 e. The van der Waals surface area contributed by atoms with Crippen LogP contribution in [0, 0.1) is 6.92 Å². The van der Waals surface area contributed by atoms with Crippen molar-refractivity contribution in [2.75, 3.05) is 5.73 Å². The number of nitrogens with one attached hydrogen (secondary N) is 1. The number of benzene rings is 1. The Morgan fingerprint density at radius 2 is 1.94 bits per heavy atom. The first-order valence-electron chi connectivity index (χ1n) is 9.78. The first-order valence-corrected chi connectivity index (χ1v) is 11.3. The second kappa shape index (κ2) is 7.67. The van der Waals surface area contributed by atoms with Crippen molar-refractivity contribution in [3.8, 4) is 11.3 Å². The van der Waals surface area contributed by atoms with E-state index in [4.69, 9.17) is 5.73 Å². The summed E-state index contributed by atoms with van der Waals surface area (Å²) in [4.78, 5) is 8.01. The Hall–Kier alpha value is -2.77. The number of alkyl halides is 3. The van der Waals surface area contributed by atoms with Gasteiger partial charge in [0.05, 0.1) is 16.8 Å². The molecule has 0 spiro atoms. The summed E-state index contributed by atoms with van der Waals surface area (Å²) in [7, 11) is -4.02. The van der Waals surface area contributed by atoms with Crippen molar-refractivity contribution in [1.29, 1.82) is 0 Å². The number of aliphatic hydroxyl groups is 1. The van der Waals surface area contributed by atoms with Crippen LogP contribution in [0.5, 0.6) is 0 Å². The number of aromatic nitrogens is 4. The van der Waals surface area contributed by atoms with E-state index in [1.54, 1.807) is 13.0 Å². The summed E-state index contributed by atoms with van der Waals surface area (Å²) >= 11 is 0. The van der Waals surface area contributed by atoms with Gasteiger partial charge in [0.25, 0.3) is 0 Å². The first-order chi connectivity index (χ1) is 14.9. The minimum Gasteiger partial charge on any atom is -0.381 e. The maximum atomic E-state index is 13.0. The molecule has 172 valence electrons. The Kier molecular flexibility index (Phi) is 5.38. The van der Waals surface area contributed by atoms with E-state index in [9.17, 15) is 26.7 Å². The third-order valence-corrected chi connectivity index (χ3v) is 7.31. The molecule has 4 N–H and O–H groups in total. The lowest BCUT2D eigenvalue weighted by molar-refractivity contribution is -0.270. The van der Waals surface area contributed by atoms with Crippen LogP contribution in [0.4, 0.5) is 19.0 Å². The van der Waals surface area contributed by atoms with Crippen LogP contribution in [-0.4, -0.2) is 50.9 Å². The van der Waals surface area contributed by atoms with Crippen molar-refractivity contribution < 1.29 is 26.7 Å². The lowest BCUT2D eigenvalue weighted by Gasteiger charge is -2.37. The Bertz CT molecular complexity index is 1270. The first kappa shape index (κ1) is 22.4. The molecular formula is C19H21F3N6O3S. The largest absolute Gasteiger partial charge is 0.417 e. The van der Waals surface area contributed by atoms with Gasteiger partial charge in [-0.15, -0.1) is 0 Å². The van der Waals surface area contributed by atoms with Gasteiger partial charge in [0.15, 0.2) is 17.1 Å². The van der Waals surface area contributed by atoms with Crippen LogP contribution in [0.25, 0.3) is 16.9 Å². The summed E-state index contributed by atoms with van der Waals surface area (Å²) in [6.45, 7) is 1.79. The van der Waals surface area contributed by atoms with E-state index in [0.29, 0.717) is 16.9 Å². The van der Waals surface area contributed by atoms with Gasteiger partial charge in [0.1, 0.15) is 6.33 Å². The van der Waals surface area contributed by atoms with Gasteiger partial charge in [0.2, 0.25) is 10.0 Å². The molecule has 2 heterocycles. The number of rotatable bonds is 4. The third-order valence-electron chi connectivity index (χ3n) is 5.79. The monoisotopic (exact) mass is 470 g/mol. The number of halogens is 3. The highest BCUT2D eigenvalue weighted by Crippen LogP contribution is 2.41. The number of hydrogen-bond acceptors (Lipinski definition) is 7. The van der Waals surface area contributed by atoms with Crippen LogP contribution in [-0.2, 0) is 10.0 Å². The molecule has 3 aromatic rings. The highest BCUT2D eigenvalue weighted by Gasteiger charge is 2.54. The molecule has 9 nitrogen and oxygen atoms in total. The van der Waals surface area contributed by atoms with Gasteiger partial charge in [0, 0.05) is 11.6 Å². The fourth-order valence-corrected chi connectivity index (χ4v) is 5.18. The molecule has 0 unspecified atom stereocenters. The summed E-state index contributed by atoms with van der Waals surface area (Å²) in [5.41, 5.74) is 5.17. The molecule has 13 heteroatoms. The van der Waals surface area contributed by atoms with E-state index in [2.05, 4.69) is 19.8 Å². The molecular weight excluding hydrogens is 449 g/mol. The van der Waals surface area contributed by atoms with Gasteiger partial charge in [-0.3, -0.25) is 0 Å². The number of aryl methyl sites for hydroxylation is 1. The molecule has 0 bridgehead atoms. The van der Waals surface area contributed by atoms with Gasteiger partial charge in [-0.05, 0) is 50.3 Å². The predicted octanol–water partition coefficient (Wildman–Crippen LogP) is 2.20. The van der Waals surface area contributed by atoms with Crippen LogP contribution >= 0.6 is 0 Å². The molecule has 0 amide bonds. The quantitative estimate of drug-likeness (QED) is 0.532. The number of hydrogen-bond donors (Lipinski definition) is 3. The lowest BCUT2D eigenvalue weighted by atomic mass is 9.82. The van der Waals surface area contributed by atoms with Crippen LogP contribution in [0.15, 0.2) is 35.6 Å². The highest BCUT2D eigenvalue weighted by atomic mass is 32.2. The number of fused-ring (bicyclic) bond motifs is 1. The van der Waals surface area contributed by atoms with E-state index in [0.717, 1.165) is 5.56 Å². The fourth-order valence-electron chi connectivity index (χ4n) is 3.85. The second-order valence-electron chi connectivity index (χ2n) is 7.93. The minimum atomic E-state index is -4.75. The van der Waals surface area contributed by atoms with Crippen molar-refractivity contribution in [2.45, 2.75) is 55.3 Å². The van der Waals surface area contributed by atoms with Crippen molar-refractivity contribution in [3.63, 3.8) is 0 Å². The molecule has 1 aliphatic rings. The lowest BCUT2D eigenvalue weighted by Crippen LogP contribution is -2.51. The molecule has 1 aromatic carbocycles.